The van der Waals surface area contributed by atoms with Gasteiger partial charge in [0.1, 0.15) is 0 Å². The standard InChI is InChI=1S/C48H39N3/c1-3-34-30-47(49-32-35(34)4-2)40-20-26-45(27-21-40)51(46-28-22-41(23-29-46)48-31-42-12-8-9-13-43(42)33-50-48)44-24-18-39(19-25-44)38-16-14-37(15-17-38)36-10-6-5-7-11-36/h3-28,30-33,46,48,50H,1-2,29H2. The molecular weight excluding hydrogens is 619 g/mol. The molecule has 1 aliphatic carbocycles. The van der Waals surface area contributed by atoms with Crippen molar-refractivity contribution in [2.75, 3.05) is 4.90 Å². The summed E-state index contributed by atoms with van der Waals surface area (Å²) in [5, 5.41) is 6.09. The minimum atomic E-state index is 0.146. The molecule has 3 heteroatoms. The van der Waals surface area contributed by atoms with Crippen LogP contribution in [0.3, 0.4) is 0 Å². The van der Waals surface area contributed by atoms with Crippen molar-refractivity contribution in [2.24, 2.45) is 0 Å². The number of fused-ring (bicyclic) bond motifs is 1. The van der Waals surface area contributed by atoms with Gasteiger partial charge in [-0.3, -0.25) is 4.98 Å². The molecule has 8 rings (SSSR count). The third-order valence-electron chi connectivity index (χ3n) is 9.88. The predicted molar refractivity (Wildman–Crippen MR) is 216 cm³/mol. The van der Waals surface area contributed by atoms with E-state index in [-0.39, 0.29) is 12.1 Å². The first-order chi connectivity index (χ1) is 25.2. The van der Waals surface area contributed by atoms with Gasteiger partial charge in [0.2, 0.25) is 0 Å². The summed E-state index contributed by atoms with van der Waals surface area (Å²) in [5.74, 6) is 0. The maximum absolute atomic E-state index is 4.72. The van der Waals surface area contributed by atoms with E-state index in [1.165, 1.54) is 38.3 Å². The number of hydrogen-bond donors (Lipinski definition) is 1. The summed E-state index contributed by atoms with van der Waals surface area (Å²) < 4.78 is 0. The van der Waals surface area contributed by atoms with Gasteiger partial charge in [-0.2, -0.15) is 0 Å². The number of hydrogen-bond acceptors (Lipinski definition) is 3. The molecule has 1 aliphatic heterocycles. The van der Waals surface area contributed by atoms with Crippen LogP contribution in [0.25, 0.3) is 57.9 Å². The van der Waals surface area contributed by atoms with Crippen LogP contribution in [0.15, 0.2) is 177 Å². The lowest BCUT2D eigenvalue weighted by Crippen LogP contribution is -2.39. The number of anilines is 2. The average molecular weight is 658 g/mol. The molecule has 0 fully saturated rings. The monoisotopic (exact) mass is 657 g/mol. The van der Waals surface area contributed by atoms with Crippen molar-refractivity contribution in [2.45, 2.75) is 18.5 Å². The molecule has 0 amide bonds. The summed E-state index contributed by atoms with van der Waals surface area (Å²) >= 11 is 0. The van der Waals surface area contributed by atoms with Gasteiger partial charge >= 0.3 is 0 Å². The molecule has 1 N–H and O–H groups in total. The van der Waals surface area contributed by atoms with E-state index in [0.717, 1.165) is 40.2 Å². The summed E-state index contributed by atoms with van der Waals surface area (Å²) in [4.78, 5) is 7.16. The van der Waals surface area contributed by atoms with Gasteiger partial charge in [-0.15, -0.1) is 0 Å². The number of nitrogens with zero attached hydrogens (tertiary/aromatic N) is 2. The Labute approximate surface area is 300 Å². The van der Waals surface area contributed by atoms with Crippen molar-refractivity contribution in [1.29, 1.82) is 0 Å². The normalized spacial score (nSPS) is 16.0. The highest BCUT2D eigenvalue weighted by Crippen LogP contribution is 2.35. The van der Waals surface area contributed by atoms with Gasteiger partial charge < -0.3 is 10.2 Å². The highest BCUT2D eigenvalue weighted by atomic mass is 15.2. The molecule has 2 unspecified atom stereocenters. The highest BCUT2D eigenvalue weighted by Gasteiger charge is 2.23. The Morgan fingerprint density at radius 3 is 1.80 bits per heavy atom. The molecule has 0 spiro atoms. The average Bonchev–Trinajstić information content (AvgIpc) is 3.21. The van der Waals surface area contributed by atoms with E-state index in [9.17, 15) is 0 Å². The molecule has 5 aromatic carbocycles. The first-order valence-electron chi connectivity index (χ1n) is 17.5. The fraction of sp³-hybridized carbons (Fsp3) is 0.0625. The first-order valence-corrected chi connectivity index (χ1v) is 17.5. The Hall–Kier alpha value is -6.45. The smallest absolute Gasteiger partial charge is 0.0708 e. The van der Waals surface area contributed by atoms with Gasteiger partial charge in [-0.1, -0.05) is 153 Å². The van der Waals surface area contributed by atoms with Crippen LogP contribution < -0.4 is 20.7 Å². The van der Waals surface area contributed by atoms with Crippen LogP contribution in [0.1, 0.15) is 17.5 Å². The highest BCUT2D eigenvalue weighted by molar-refractivity contribution is 5.76. The largest absolute Gasteiger partial charge is 0.380 e. The second kappa shape index (κ2) is 14.2. The minimum Gasteiger partial charge on any atom is -0.380 e. The number of rotatable bonds is 9. The van der Waals surface area contributed by atoms with Crippen LogP contribution in [0.4, 0.5) is 11.4 Å². The third-order valence-corrected chi connectivity index (χ3v) is 9.88. The van der Waals surface area contributed by atoms with Gasteiger partial charge in [0.25, 0.3) is 0 Å². The second-order valence-corrected chi connectivity index (χ2v) is 13.0. The molecule has 2 aliphatic rings. The van der Waals surface area contributed by atoms with Crippen molar-refractivity contribution < 1.29 is 0 Å². The number of aromatic nitrogens is 1. The van der Waals surface area contributed by atoms with E-state index in [4.69, 9.17) is 4.98 Å². The molecular formula is C48H39N3. The lowest BCUT2D eigenvalue weighted by molar-refractivity contribution is 0.761. The first kappa shape index (κ1) is 31.8. The molecule has 246 valence electrons. The van der Waals surface area contributed by atoms with E-state index in [1.807, 2.05) is 18.3 Å². The van der Waals surface area contributed by atoms with Gasteiger partial charge in [0.05, 0.1) is 17.8 Å². The van der Waals surface area contributed by atoms with E-state index >= 15 is 0 Å². The Morgan fingerprint density at radius 1 is 0.627 bits per heavy atom. The van der Waals surface area contributed by atoms with Crippen molar-refractivity contribution in [1.82, 2.24) is 10.3 Å². The predicted octanol–water partition coefficient (Wildman–Crippen LogP) is 9.95. The summed E-state index contributed by atoms with van der Waals surface area (Å²) in [6.45, 7) is 7.90. The third kappa shape index (κ3) is 6.62. The van der Waals surface area contributed by atoms with E-state index < -0.39 is 0 Å². The molecule has 2 atom stereocenters. The second-order valence-electron chi connectivity index (χ2n) is 13.0. The Balaban J connectivity index is 1.09. The maximum atomic E-state index is 4.72. The van der Waals surface area contributed by atoms with Gasteiger partial charge in [0.15, 0.2) is 0 Å². The molecule has 51 heavy (non-hydrogen) atoms. The zero-order valence-corrected chi connectivity index (χ0v) is 28.5. The van der Waals surface area contributed by atoms with Crippen molar-refractivity contribution in [3.05, 3.63) is 198 Å². The molecule has 1 aromatic heterocycles. The molecule has 0 saturated carbocycles. The van der Waals surface area contributed by atoms with Crippen LogP contribution in [0.5, 0.6) is 0 Å². The summed E-state index contributed by atoms with van der Waals surface area (Å²) in [7, 11) is 0. The van der Waals surface area contributed by atoms with Crippen LogP contribution in [0.2, 0.25) is 0 Å². The van der Waals surface area contributed by atoms with Crippen molar-refractivity contribution in [3.8, 4) is 33.5 Å². The van der Waals surface area contributed by atoms with Gasteiger partial charge in [0, 0.05) is 29.3 Å². The lowest BCUT2D eigenvalue weighted by atomic mass is 9.94. The summed E-state index contributed by atoms with van der Waals surface area (Å²) in [6.07, 6.45) is 17.9. The molecule has 2 heterocycles. The Bertz CT molecular complexity index is 2380. The summed E-state index contributed by atoms with van der Waals surface area (Å²) in [5.41, 5.74) is 12.4. The lowest BCUT2D eigenvalue weighted by Gasteiger charge is -2.34. The fourth-order valence-corrected chi connectivity index (χ4v) is 7.05. The fourth-order valence-electron chi connectivity index (χ4n) is 7.05. The molecule has 6 aromatic rings. The summed E-state index contributed by atoms with van der Waals surface area (Å²) in [6, 6.07) is 47.9. The van der Waals surface area contributed by atoms with Gasteiger partial charge in [-0.05, 0) is 86.1 Å². The zero-order valence-electron chi connectivity index (χ0n) is 28.5. The van der Waals surface area contributed by atoms with E-state index in [1.54, 1.807) is 0 Å². The molecule has 0 bridgehead atoms. The SMILES string of the molecule is C=Cc1cnc(-c2ccc(N(c3ccc(-c4ccc(-c5ccccc5)cc4)cc3)C3C=CC(C4C=c5ccccc5=CN4)=CC3)cc2)cc1C=C. The number of nitrogens with one attached hydrogen (secondary N) is 1. The molecule has 0 radical (unpaired) electrons. The topological polar surface area (TPSA) is 28.2 Å². The molecule has 0 saturated heterocycles. The van der Waals surface area contributed by atoms with E-state index in [0.29, 0.717) is 0 Å². The molecule has 3 nitrogen and oxygen atoms in total. The quantitative estimate of drug-likeness (QED) is 0.168. The van der Waals surface area contributed by atoms with Crippen LogP contribution >= 0.6 is 0 Å². The number of pyridine rings is 1. The van der Waals surface area contributed by atoms with Crippen LogP contribution in [0, 0.1) is 0 Å². The van der Waals surface area contributed by atoms with Gasteiger partial charge in [-0.25, -0.2) is 0 Å². The van der Waals surface area contributed by atoms with Crippen LogP contribution in [-0.4, -0.2) is 17.1 Å². The Morgan fingerprint density at radius 2 is 1.20 bits per heavy atom. The van der Waals surface area contributed by atoms with E-state index in [2.05, 4.69) is 187 Å². The van der Waals surface area contributed by atoms with Crippen molar-refractivity contribution >= 4 is 35.8 Å². The zero-order chi connectivity index (χ0) is 34.6. The van der Waals surface area contributed by atoms with Crippen molar-refractivity contribution in [3.63, 3.8) is 0 Å². The number of benzene rings is 5. The Kier molecular flexibility index (Phi) is 8.84. The van der Waals surface area contributed by atoms with Crippen LogP contribution in [-0.2, 0) is 0 Å². The minimum absolute atomic E-state index is 0.146. The maximum Gasteiger partial charge on any atom is 0.0708 e.